The van der Waals surface area contributed by atoms with Gasteiger partial charge in [0.25, 0.3) is 5.60 Å². The highest BCUT2D eigenvalue weighted by molar-refractivity contribution is 7.97. The van der Waals surface area contributed by atoms with Crippen molar-refractivity contribution in [3.8, 4) is 0 Å². The van der Waals surface area contributed by atoms with Crippen LogP contribution in [0.2, 0.25) is 0 Å². The Morgan fingerprint density at radius 2 is 0.746 bits per heavy atom. The average molecular weight is 1840 g/mol. The number of carbonyl (C=O) groups is 6. The summed E-state index contributed by atoms with van der Waals surface area (Å²) in [5, 5.41) is 87.5. The van der Waals surface area contributed by atoms with Gasteiger partial charge in [-0.15, -0.1) is 0 Å². The molecule has 0 radical (unpaired) electrons. The Morgan fingerprint density at radius 1 is 0.426 bits per heavy atom. The van der Waals surface area contributed by atoms with Crippen LogP contribution in [0.4, 0.5) is 92.2 Å². The van der Waals surface area contributed by atoms with Crippen LogP contribution in [0, 0.1) is 35.5 Å². The first-order valence-corrected chi connectivity index (χ1v) is 38.6. The van der Waals surface area contributed by atoms with Crippen LogP contribution in [0.1, 0.15) is 189 Å². The second-order valence-corrected chi connectivity index (χ2v) is 34.6. The fourth-order valence-corrected chi connectivity index (χ4v) is 12.2. The highest BCUT2D eigenvalue weighted by atomic mass is 32.2. The summed E-state index contributed by atoms with van der Waals surface area (Å²) in [6, 6.07) is 0. The van der Waals surface area contributed by atoms with E-state index < -0.39 is 233 Å². The number of aliphatic hydroxyl groups is 9. The number of carbonyl (C=O) groups excluding carboxylic acids is 6. The van der Waals surface area contributed by atoms with Crippen LogP contribution in [0.5, 0.6) is 0 Å². The number of alkyl halides is 21. The van der Waals surface area contributed by atoms with E-state index in [0.717, 1.165) is 6.92 Å². The molecule has 0 aromatic rings. The van der Waals surface area contributed by atoms with E-state index in [1.54, 1.807) is 48.5 Å². The van der Waals surface area contributed by atoms with Gasteiger partial charge in [-0.3, -0.25) is 4.21 Å². The molecule has 17 unspecified atom stereocenters. The third-order valence-corrected chi connectivity index (χ3v) is 19.8. The van der Waals surface area contributed by atoms with Gasteiger partial charge in [-0.05, 0) is 167 Å². The van der Waals surface area contributed by atoms with Gasteiger partial charge in [0.2, 0.25) is 0 Å². The van der Waals surface area contributed by atoms with Crippen molar-refractivity contribution in [2.24, 2.45) is 35.5 Å². The quantitative estimate of drug-likeness (QED) is 0.00960. The van der Waals surface area contributed by atoms with Gasteiger partial charge in [0.05, 0.1) is 17.8 Å². The molecular weight excluding hydrogens is 1720 g/mol. The molecule has 0 heterocycles. The number of hydrogen-bond acceptors (Lipinski definition) is 22. The number of hydrogen-bond donors (Lipinski definition) is 10. The van der Waals surface area contributed by atoms with E-state index in [2.05, 4.69) is 54.8 Å². The molecule has 0 spiro atoms. The van der Waals surface area contributed by atoms with Gasteiger partial charge in [-0.1, -0.05) is 60.7 Å². The summed E-state index contributed by atoms with van der Waals surface area (Å²) in [6.07, 6.45) is -51.0. The van der Waals surface area contributed by atoms with Crippen LogP contribution < -0.4 is 4.72 Å². The lowest BCUT2D eigenvalue weighted by Crippen LogP contribution is -2.69. The Kier molecular flexibility index (Phi) is 46.1. The summed E-state index contributed by atoms with van der Waals surface area (Å²) >= 11 is 0. The summed E-state index contributed by atoms with van der Waals surface area (Å²) < 4.78 is 317. The molecule has 3 aliphatic rings. The number of esters is 6. The summed E-state index contributed by atoms with van der Waals surface area (Å²) in [4.78, 5) is 67.9. The molecule has 0 aromatic heterocycles. The monoisotopic (exact) mass is 1840 g/mol. The SMILES string of the molecule is C.C=C(C)C(=O)OC(C)CC(C)(C)O.C=C(C)C(=O)OC(CC(C)C)CC(C)(O)C(F)(F)F.C=C(C)C(=O)OC1CC(C(C)(O)C(F)(F)F)C(O)C(C(O)(C(F)(F)F)C(F)(F)F)C1.C=C(C)C(=O)OC1CC(C(C)(O)C(F)(F)F)CC(C(C)(O)C(F)(F)F)C1.C=C(C)C(=O)OC1CCC(O)C(C(C)(O)C(F)(F)F)C1.C=C(C)C(=O)OCCNS(=C)(C)=O. The fraction of sp³-hybridized carbons (Fsp3) is 0.753. The zero-order valence-corrected chi connectivity index (χ0v) is 70.6. The molecule has 3 aliphatic carbocycles. The molecule has 3 fully saturated rings. The number of aliphatic hydroxyl groups excluding tert-OH is 2. The standard InChI is InChI=1S/C16H19F9O5.C16H22F6O4.C13H19F3O4.C13H21F3O3.C10H18O3.C8H15NO3S.CH4/c1-6(2)11(27)30-7-4-8(12(3,28)14(17,18)19)10(26)9(5-7)13(29,15(20,21)22)16(23,24)25;1-8(2)12(23)26-11-6-9(13(3,24)15(17,18)19)5-10(7-11)14(4,25)16(20,21)22;1-7(2)11(18)20-8-4-5-10(17)9(6-8)12(3,19)13(14,15)16;1-8(2)6-10(19-11(17)9(3)4)7-12(5,18)13(14,15)16;1-7(2)9(11)13-8(3)6-10(4,5)12;1-7(2)8(10)12-6-5-9-13(3,4)11;/h7-10,26,28-29H,1,4-5H2,2-3H3;9-11,24-25H,1,5-7H2,2-4H3;8-10,17,19H,1,4-6H2,2-3H3;8,10,18H,3,6-7H2,1-2,4-5H3;8,12H,1,6H2,2-5H3;1,3,5-6H2,2,4H3,(H,9,11);1H4. The highest BCUT2D eigenvalue weighted by Crippen LogP contribution is 2.56. The lowest BCUT2D eigenvalue weighted by Gasteiger charge is -2.50. The van der Waals surface area contributed by atoms with Crippen LogP contribution in [-0.4, -0.2) is 236 Å². The van der Waals surface area contributed by atoms with Crippen molar-refractivity contribution in [1.29, 1.82) is 0 Å². The molecule has 0 aliphatic heterocycles. The van der Waals surface area contributed by atoms with Gasteiger partial charge in [0, 0.05) is 98.4 Å². The smallest absolute Gasteiger partial charge is 0.426 e. The number of nitrogens with one attached hydrogen (secondary N) is 1. The lowest BCUT2D eigenvalue weighted by atomic mass is 9.64. The number of ether oxygens (including phenoxy) is 6. The summed E-state index contributed by atoms with van der Waals surface area (Å²) in [5.41, 5.74) is -22.4. The molecule has 17 atom stereocenters. The van der Waals surface area contributed by atoms with Gasteiger partial charge >= 0.3 is 79.0 Å². The van der Waals surface area contributed by atoms with Crippen molar-refractivity contribution in [3.05, 3.63) is 72.9 Å². The molecule has 23 nitrogen and oxygen atoms in total. The summed E-state index contributed by atoms with van der Waals surface area (Å²) in [6.45, 7) is 39.9. The fourth-order valence-electron chi connectivity index (χ4n) is 11.7. The Hall–Kier alpha value is -6.59. The molecule has 45 heteroatoms. The average Bonchev–Trinajstić information content (AvgIpc) is 0.722. The maximum atomic E-state index is 13.2. The van der Waals surface area contributed by atoms with Gasteiger partial charge < -0.3 is 74.4 Å². The minimum atomic E-state index is -6.47. The molecule has 3 saturated carbocycles. The van der Waals surface area contributed by atoms with E-state index in [1.165, 1.54) is 27.0 Å². The van der Waals surface area contributed by atoms with Gasteiger partial charge in [0.15, 0.2) is 28.0 Å². The van der Waals surface area contributed by atoms with Crippen molar-refractivity contribution in [2.75, 3.05) is 19.4 Å². The summed E-state index contributed by atoms with van der Waals surface area (Å²) in [5.74, 6) is -12.0. The normalized spacial score (nSPS) is 23.9. The Morgan fingerprint density at radius 3 is 1.06 bits per heavy atom. The zero-order valence-electron chi connectivity index (χ0n) is 69.8. The molecule has 0 amide bonds. The van der Waals surface area contributed by atoms with E-state index in [0.29, 0.717) is 51.8 Å². The van der Waals surface area contributed by atoms with Gasteiger partial charge in [-0.2, -0.15) is 92.2 Å². The Labute approximate surface area is 695 Å². The van der Waals surface area contributed by atoms with E-state index in [1.807, 2.05) is 0 Å². The van der Waals surface area contributed by atoms with Crippen LogP contribution in [0.25, 0.3) is 0 Å². The predicted molar refractivity (Wildman–Crippen MR) is 403 cm³/mol. The van der Waals surface area contributed by atoms with Crippen LogP contribution in [0.3, 0.4) is 0 Å². The van der Waals surface area contributed by atoms with Crippen molar-refractivity contribution in [1.82, 2.24) is 4.72 Å². The lowest BCUT2D eigenvalue weighted by molar-refractivity contribution is -0.400. The highest BCUT2D eigenvalue weighted by Gasteiger charge is 2.77. The number of rotatable bonds is 26. The Balaban J connectivity index is -0.000000701. The van der Waals surface area contributed by atoms with E-state index >= 15 is 0 Å². The molecule has 0 bridgehead atoms. The van der Waals surface area contributed by atoms with Crippen LogP contribution in [-0.2, 0) is 66.9 Å². The minimum absolute atomic E-state index is 0. The number of halogens is 21. The van der Waals surface area contributed by atoms with Crippen molar-refractivity contribution in [3.63, 3.8) is 0 Å². The first-order valence-electron chi connectivity index (χ1n) is 36.5. The third kappa shape index (κ3) is 38.3. The van der Waals surface area contributed by atoms with E-state index in [4.69, 9.17) is 23.7 Å². The molecule has 0 saturated heterocycles. The second kappa shape index (κ2) is 46.2. The minimum Gasteiger partial charge on any atom is -0.461 e. The van der Waals surface area contributed by atoms with Crippen molar-refractivity contribution in [2.45, 2.75) is 314 Å². The largest absolute Gasteiger partial charge is 0.461 e. The third-order valence-electron chi connectivity index (χ3n) is 19.0. The van der Waals surface area contributed by atoms with Crippen molar-refractivity contribution >= 4 is 51.4 Å². The zero-order chi connectivity index (χ0) is 97.1. The van der Waals surface area contributed by atoms with Crippen LogP contribution >= 0.6 is 0 Å². The topological polar surface area (TPSA) is 369 Å². The Bertz CT molecular complexity index is 3560. The van der Waals surface area contributed by atoms with Crippen molar-refractivity contribution < 1.29 is 200 Å². The van der Waals surface area contributed by atoms with Gasteiger partial charge in [0.1, 0.15) is 37.1 Å². The maximum absolute atomic E-state index is 13.2. The molecule has 716 valence electrons. The molecular formula is C77H118F21NO22S. The molecule has 0 aromatic carbocycles. The van der Waals surface area contributed by atoms with E-state index in [-0.39, 0.29) is 81.0 Å². The van der Waals surface area contributed by atoms with E-state index in [9.17, 15) is 171 Å². The molecule has 122 heavy (non-hydrogen) atoms. The molecule has 10 N–H and O–H groups in total. The molecule has 3 rings (SSSR count). The van der Waals surface area contributed by atoms with Gasteiger partial charge in [-0.25, -0.2) is 33.5 Å². The maximum Gasteiger partial charge on any atom is 0.426 e. The second-order valence-electron chi connectivity index (χ2n) is 32.3. The first-order chi connectivity index (χ1) is 53.4. The van der Waals surface area contributed by atoms with Crippen LogP contribution in [0.15, 0.2) is 72.9 Å². The first kappa shape index (κ1) is 122. The predicted octanol–water partition coefficient (Wildman–Crippen LogP) is 14.0. The summed E-state index contributed by atoms with van der Waals surface area (Å²) in [7, 11) is -2.21.